The van der Waals surface area contributed by atoms with E-state index in [1.165, 1.54) is 31.0 Å². The van der Waals surface area contributed by atoms with Crippen molar-refractivity contribution in [2.75, 3.05) is 6.61 Å². The first-order valence-corrected chi connectivity index (χ1v) is 10.1. The Kier molecular flexibility index (Phi) is 5.61. The molecule has 160 valence electrons. The Morgan fingerprint density at radius 3 is 2.57 bits per heavy atom. The SMILES string of the molecule is CC(C)(COC(=O)c1cccc(-c2cccc3ocnc23)c1)NS(=O)(=O)C(F)(F)F. The second kappa shape index (κ2) is 7.73. The maximum atomic E-state index is 12.6. The first kappa shape index (κ1) is 21.8. The molecule has 0 amide bonds. The molecule has 3 aromatic rings. The molecule has 11 heteroatoms. The fourth-order valence-electron chi connectivity index (χ4n) is 2.71. The molecule has 0 bridgehead atoms. The van der Waals surface area contributed by atoms with E-state index in [9.17, 15) is 26.4 Å². The van der Waals surface area contributed by atoms with Gasteiger partial charge in [0.1, 0.15) is 12.1 Å². The predicted molar refractivity (Wildman–Crippen MR) is 102 cm³/mol. The summed E-state index contributed by atoms with van der Waals surface area (Å²) in [6.07, 6.45) is 1.30. The monoisotopic (exact) mass is 442 g/mol. The third-order valence-electron chi connectivity index (χ3n) is 4.05. The summed E-state index contributed by atoms with van der Waals surface area (Å²) in [5.41, 5.74) is -4.46. The van der Waals surface area contributed by atoms with E-state index in [0.717, 1.165) is 0 Å². The van der Waals surface area contributed by atoms with Crippen LogP contribution in [-0.2, 0) is 14.8 Å². The van der Waals surface area contributed by atoms with Gasteiger partial charge in [0.25, 0.3) is 0 Å². The number of carbonyl (C=O) groups is 1. The molecule has 0 aliphatic carbocycles. The molecule has 0 aliphatic heterocycles. The number of para-hydroxylation sites is 1. The van der Waals surface area contributed by atoms with Gasteiger partial charge in [-0.25, -0.2) is 18.2 Å². The molecule has 1 heterocycles. The summed E-state index contributed by atoms with van der Waals surface area (Å²) >= 11 is 0. The minimum Gasteiger partial charge on any atom is -0.460 e. The largest absolute Gasteiger partial charge is 0.511 e. The summed E-state index contributed by atoms with van der Waals surface area (Å²) < 4.78 is 72.0. The lowest BCUT2D eigenvalue weighted by atomic mass is 10.0. The number of hydrogen-bond acceptors (Lipinski definition) is 6. The molecule has 30 heavy (non-hydrogen) atoms. The van der Waals surface area contributed by atoms with Crippen molar-refractivity contribution in [3.63, 3.8) is 0 Å². The Balaban J connectivity index is 1.75. The normalized spacial score (nSPS) is 12.8. The summed E-state index contributed by atoms with van der Waals surface area (Å²) in [5, 5.41) is 0. The van der Waals surface area contributed by atoms with Gasteiger partial charge in [0.05, 0.1) is 11.1 Å². The van der Waals surface area contributed by atoms with Crippen LogP contribution in [0.25, 0.3) is 22.2 Å². The lowest BCUT2D eigenvalue weighted by molar-refractivity contribution is -0.0459. The number of halogens is 3. The van der Waals surface area contributed by atoms with Gasteiger partial charge in [0.15, 0.2) is 12.0 Å². The standard InChI is InChI=1S/C19H17F3N2O5S/c1-18(2,24-30(26,27)19(20,21)22)10-28-17(25)13-6-3-5-12(9-13)14-7-4-8-15-16(14)23-11-29-15/h3-9,11,24H,10H2,1-2H3. The van der Waals surface area contributed by atoms with Crippen LogP contribution in [0.2, 0.25) is 0 Å². The number of benzene rings is 2. The van der Waals surface area contributed by atoms with E-state index in [1.54, 1.807) is 36.4 Å². The highest BCUT2D eigenvalue weighted by atomic mass is 32.2. The van der Waals surface area contributed by atoms with E-state index in [4.69, 9.17) is 9.15 Å². The molecular weight excluding hydrogens is 425 g/mol. The number of rotatable bonds is 6. The summed E-state index contributed by atoms with van der Waals surface area (Å²) in [6.45, 7) is 1.74. The van der Waals surface area contributed by atoms with Crippen LogP contribution in [0.3, 0.4) is 0 Å². The topological polar surface area (TPSA) is 98.5 Å². The molecule has 2 aromatic carbocycles. The van der Waals surface area contributed by atoms with E-state index < -0.39 is 33.6 Å². The molecule has 0 saturated carbocycles. The molecule has 1 aromatic heterocycles. The van der Waals surface area contributed by atoms with Gasteiger partial charge in [-0.2, -0.15) is 17.9 Å². The van der Waals surface area contributed by atoms with Crippen LogP contribution in [0.15, 0.2) is 53.3 Å². The number of sulfonamides is 1. The lowest BCUT2D eigenvalue weighted by Crippen LogP contribution is -2.51. The maximum Gasteiger partial charge on any atom is 0.511 e. The van der Waals surface area contributed by atoms with E-state index in [-0.39, 0.29) is 5.56 Å². The quantitative estimate of drug-likeness (QED) is 0.582. The Labute approximate surface area is 169 Å². The van der Waals surface area contributed by atoms with Gasteiger partial charge in [-0.3, -0.25) is 0 Å². The highest BCUT2D eigenvalue weighted by molar-refractivity contribution is 7.90. The second-order valence-electron chi connectivity index (χ2n) is 7.10. The number of fused-ring (bicyclic) bond motifs is 1. The second-order valence-corrected chi connectivity index (χ2v) is 8.77. The predicted octanol–water partition coefficient (Wildman–Crippen LogP) is 3.87. The molecule has 0 radical (unpaired) electrons. The molecule has 1 N–H and O–H groups in total. The van der Waals surface area contributed by atoms with Crippen molar-refractivity contribution >= 4 is 27.1 Å². The third kappa shape index (κ3) is 4.62. The van der Waals surface area contributed by atoms with E-state index in [0.29, 0.717) is 22.2 Å². The molecule has 0 fully saturated rings. The third-order valence-corrected chi connectivity index (χ3v) is 5.48. The molecule has 0 spiro atoms. The fourth-order valence-corrected chi connectivity index (χ4v) is 3.62. The van der Waals surface area contributed by atoms with Crippen molar-refractivity contribution in [2.24, 2.45) is 0 Å². The number of hydrogen-bond donors (Lipinski definition) is 1. The van der Waals surface area contributed by atoms with Crippen molar-refractivity contribution < 1.29 is 35.5 Å². The van der Waals surface area contributed by atoms with Crippen LogP contribution in [0.1, 0.15) is 24.2 Å². The number of aromatic nitrogens is 1. The van der Waals surface area contributed by atoms with Gasteiger partial charge in [-0.15, -0.1) is 0 Å². The van der Waals surface area contributed by atoms with Crippen LogP contribution in [0.4, 0.5) is 13.2 Å². The van der Waals surface area contributed by atoms with Gasteiger partial charge >= 0.3 is 21.5 Å². The van der Waals surface area contributed by atoms with Crippen LogP contribution >= 0.6 is 0 Å². The summed E-state index contributed by atoms with van der Waals surface area (Å²) in [7, 11) is -5.58. The summed E-state index contributed by atoms with van der Waals surface area (Å²) in [5.74, 6) is -0.816. The Hall–Kier alpha value is -2.92. The molecule has 7 nitrogen and oxygen atoms in total. The minimum absolute atomic E-state index is 0.141. The minimum atomic E-state index is -5.58. The fraction of sp³-hybridized carbons (Fsp3) is 0.263. The van der Waals surface area contributed by atoms with E-state index in [1.807, 2.05) is 0 Å². The number of esters is 1. The van der Waals surface area contributed by atoms with Crippen LogP contribution in [0.5, 0.6) is 0 Å². The van der Waals surface area contributed by atoms with Gasteiger partial charge in [-0.05, 0) is 37.6 Å². The van der Waals surface area contributed by atoms with Crippen molar-refractivity contribution in [1.29, 1.82) is 0 Å². The number of nitrogens with one attached hydrogen (secondary N) is 1. The van der Waals surface area contributed by atoms with Gasteiger partial charge < -0.3 is 9.15 Å². The molecule has 0 atom stereocenters. The summed E-state index contributed by atoms with van der Waals surface area (Å²) in [4.78, 5) is 16.5. The smallest absolute Gasteiger partial charge is 0.460 e. The van der Waals surface area contributed by atoms with Gasteiger partial charge in [0.2, 0.25) is 0 Å². The van der Waals surface area contributed by atoms with E-state index in [2.05, 4.69) is 4.98 Å². The Morgan fingerprint density at radius 2 is 1.87 bits per heavy atom. The zero-order valence-corrected chi connectivity index (χ0v) is 16.7. The highest BCUT2D eigenvalue weighted by Crippen LogP contribution is 2.28. The zero-order valence-electron chi connectivity index (χ0n) is 15.9. The molecular formula is C19H17F3N2O5S. The number of alkyl halides is 3. The average molecular weight is 442 g/mol. The number of ether oxygens (including phenoxy) is 1. The van der Waals surface area contributed by atoms with Crippen molar-refractivity contribution in [3.8, 4) is 11.1 Å². The van der Waals surface area contributed by atoms with Gasteiger partial charge in [0, 0.05) is 5.56 Å². The lowest BCUT2D eigenvalue weighted by Gasteiger charge is -2.26. The van der Waals surface area contributed by atoms with Crippen molar-refractivity contribution in [3.05, 3.63) is 54.4 Å². The number of oxazole rings is 1. The van der Waals surface area contributed by atoms with E-state index >= 15 is 0 Å². The van der Waals surface area contributed by atoms with Crippen LogP contribution in [0, 0.1) is 0 Å². The van der Waals surface area contributed by atoms with Crippen LogP contribution in [-0.4, -0.2) is 37.0 Å². The van der Waals surface area contributed by atoms with Crippen molar-refractivity contribution in [2.45, 2.75) is 24.9 Å². The zero-order chi connectivity index (χ0) is 22.2. The average Bonchev–Trinajstić information content (AvgIpc) is 3.13. The molecule has 0 unspecified atom stereocenters. The highest BCUT2D eigenvalue weighted by Gasteiger charge is 2.48. The number of nitrogens with zero attached hydrogens (tertiary/aromatic N) is 1. The molecule has 3 rings (SSSR count). The Bertz CT molecular complexity index is 1190. The Morgan fingerprint density at radius 1 is 1.17 bits per heavy atom. The first-order chi connectivity index (χ1) is 13.9. The van der Waals surface area contributed by atoms with Gasteiger partial charge in [-0.1, -0.05) is 24.3 Å². The first-order valence-electron chi connectivity index (χ1n) is 8.60. The summed E-state index contributed by atoms with van der Waals surface area (Å²) in [6, 6.07) is 11.7. The molecule has 0 aliphatic rings. The molecule has 0 saturated heterocycles. The van der Waals surface area contributed by atoms with Crippen LogP contribution < -0.4 is 4.72 Å². The maximum absolute atomic E-state index is 12.6. The van der Waals surface area contributed by atoms with Crippen molar-refractivity contribution in [1.82, 2.24) is 9.71 Å². The number of carbonyl (C=O) groups excluding carboxylic acids is 1.